The number of aromatic amines is 1. The van der Waals surface area contributed by atoms with Crippen LogP contribution in [0.25, 0.3) is 16.7 Å². The first-order chi connectivity index (χ1) is 9.60. The van der Waals surface area contributed by atoms with E-state index >= 15 is 0 Å². The maximum Gasteiger partial charge on any atom is 0.182 e. The molecule has 0 fully saturated rings. The topological polar surface area (TPSA) is 44.5 Å². The highest BCUT2D eigenvalue weighted by molar-refractivity contribution is 9.10. The molecular weight excluding hydrogens is 341 g/mol. The number of nitriles is 1. The Kier molecular flexibility index (Phi) is 3.16. The number of hydrogen-bond donors (Lipinski definition) is 1. The maximum atomic E-state index is 13.2. The van der Waals surface area contributed by atoms with Crippen LogP contribution in [0.2, 0.25) is 0 Å². The van der Waals surface area contributed by atoms with Crippen LogP contribution in [0.5, 0.6) is 0 Å². The van der Waals surface area contributed by atoms with Crippen molar-refractivity contribution < 1.29 is 4.39 Å². The zero-order chi connectivity index (χ0) is 14.3. The third kappa shape index (κ3) is 2.05. The summed E-state index contributed by atoms with van der Waals surface area (Å²) in [6, 6.07) is 11.7. The number of fused-ring (bicyclic) bond motifs is 1. The fourth-order valence-corrected chi connectivity index (χ4v) is 2.78. The Labute approximate surface area is 127 Å². The molecule has 0 saturated heterocycles. The van der Waals surface area contributed by atoms with Gasteiger partial charge in [-0.3, -0.25) is 4.57 Å². The molecule has 0 atom stereocenters. The molecule has 3 nitrogen and oxygen atoms in total. The van der Waals surface area contributed by atoms with Crippen molar-refractivity contribution in [1.82, 2.24) is 9.55 Å². The summed E-state index contributed by atoms with van der Waals surface area (Å²) in [4.78, 5) is 3.08. The second kappa shape index (κ2) is 4.85. The Morgan fingerprint density at radius 2 is 2.05 bits per heavy atom. The Morgan fingerprint density at radius 3 is 2.80 bits per heavy atom. The van der Waals surface area contributed by atoms with Gasteiger partial charge in [-0.1, -0.05) is 15.9 Å². The molecule has 1 aromatic heterocycles. The monoisotopic (exact) mass is 347 g/mol. The van der Waals surface area contributed by atoms with Crippen molar-refractivity contribution >= 4 is 39.2 Å². The van der Waals surface area contributed by atoms with E-state index in [1.165, 1.54) is 12.1 Å². The number of benzene rings is 2. The summed E-state index contributed by atoms with van der Waals surface area (Å²) in [5.41, 5.74) is 2.48. The summed E-state index contributed by atoms with van der Waals surface area (Å²) in [5.74, 6) is -0.445. The standard InChI is InChI=1S/C14H7BrFN3S/c15-9-1-3-13-11(6-9)18-14(20)19(13)12-4-2-10(16)5-8(12)7-17/h1-6H,(H,18,20). The van der Waals surface area contributed by atoms with E-state index in [1.807, 2.05) is 24.3 Å². The van der Waals surface area contributed by atoms with Gasteiger partial charge in [0.25, 0.3) is 0 Å². The van der Waals surface area contributed by atoms with Gasteiger partial charge in [-0.05, 0) is 48.6 Å². The Morgan fingerprint density at radius 1 is 1.25 bits per heavy atom. The molecule has 0 spiro atoms. The van der Waals surface area contributed by atoms with E-state index in [-0.39, 0.29) is 5.56 Å². The van der Waals surface area contributed by atoms with E-state index in [9.17, 15) is 4.39 Å². The highest BCUT2D eigenvalue weighted by Crippen LogP contribution is 2.25. The minimum atomic E-state index is -0.445. The lowest BCUT2D eigenvalue weighted by Crippen LogP contribution is -1.98. The largest absolute Gasteiger partial charge is 0.330 e. The van der Waals surface area contributed by atoms with Gasteiger partial charge in [0, 0.05) is 4.47 Å². The fourth-order valence-electron chi connectivity index (χ4n) is 2.12. The molecule has 1 heterocycles. The van der Waals surface area contributed by atoms with Gasteiger partial charge < -0.3 is 4.98 Å². The van der Waals surface area contributed by atoms with E-state index in [0.29, 0.717) is 10.5 Å². The zero-order valence-electron chi connectivity index (χ0n) is 10.0. The normalized spacial score (nSPS) is 10.7. The van der Waals surface area contributed by atoms with Crippen LogP contribution in [0, 0.1) is 21.9 Å². The first-order valence-electron chi connectivity index (χ1n) is 5.70. The second-order valence-corrected chi connectivity index (χ2v) is 5.50. The lowest BCUT2D eigenvalue weighted by atomic mass is 10.2. The summed E-state index contributed by atoms with van der Waals surface area (Å²) in [6.45, 7) is 0. The lowest BCUT2D eigenvalue weighted by Gasteiger charge is -2.07. The van der Waals surface area contributed by atoms with Gasteiger partial charge in [0.05, 0.1) is 22.3 Å². The molecule has 98 valence electrons. The molecule has 0 radical (unpaired) electrons. The molecule has 0 aliphatic rings. The number of hydrogen-bond acceptors (Lipinski definition) is 2. The maximum absolute atomic E-state index is 13.2. The zero-order valence-corrected chi connectivity index (χ0v) is 12.4. The average molecular weight is 348 g/mol. The molecule has 0 unspecified atom stereocenters. The molecule has 6 heteroatoms. The molecule has 0 amide bonds. The van der Waals surface area contributed by atoms with Crippen LogP contribution in [-0.4, -0.2) is 9.55 Å². The number of rotatable bonds is 1. The van der Waals surface area contributed by atoms with Gasteiger partial charge in [-0.2, -0.15) is 5.26 Å². The number of imidazole rings is 1. The molecule has 1 N–H and O–H groups in total. The minimum absolute atomic E-state index is 0.241. The van der Waals surface area contributed by atoms with Gasteiger partial charge in [-0.15, -0.1) is 0 Å². The summed E-state index contributed by atoms with van der Waals surface area (Å²) in [5, 5.41) is 9.17. The van der Waals surface area contributed by atoms with Crippen LogP contribution in [0.15, 0.2) is 40.9 Å². The van der Waals surface area contributed by atoms with E-state index in [0.717, 1.165) is 15.5 Å². The van der Waals surface area contributed by atoms with Gasteiger partial charge in [0.2, 0.25) is 0 Å². The van der Waals surface area contributed by atoms with E-state index in [1.54, 1.807) is 10.6 Å². The first-order valence-corrected chi connectivity index (χ1v) is 6.90. The highest BCUT2D eigenvalue weighted by Gasteiger charge is 2.11. The number of nitrogens with zero attached hydrogens (tertiary/aromatic N) is 2. The molecule has 0 aliphatic heterocycles. The predicted molar refractivity (Wildman–Crippen MR) is 80.8 cm³/mol. The molecule has 0 bridgehead atoms. The highest BCUT2D eigenvalue weighted by atomic mass is 79.9. The third-order valence-electron chi connectivity index (χ3n) is 2.96. The van der Waals surface area contributed by atoms with Gasteiger partial charge in [-0.25, -0.2) is 4.39 Å². The summed E-state index contributed by atoms with van der Waals surface area (Å²) >= 11 is 8.70. The summed E-state index contributed by atoms with van der Waals surface area (Å²) in [7, 11) is 0. The minimum Gasteiger partial charge on any atom is -0.330 e. The van der Waals surface area contributed by atoms with Crippen LogP contribution >= 0.6 is 28.1 Å². The SMILES string of the molecule is N#Cc1cc(F)ccc1-n1c(=S)[nH]c2cc(Br)ccc21. The van der Waals surface area contributed by atoms with Crippen molar-refractivity contribution in [2.24, 2.45) is 0 Å². The fraction of sp³-hybridized carbons (Fsp3) is 0. The van der Waals surface area contributed by atoms with E-state index in [4.69, 9.17) is 17.5 Å². The van der Waals surface area contributed by atoms with Crippen molar-refractivity contribution in [1.29, 1.82) is 5.26 Å². The molecule has 20 heavy (non-hydrogen) atoms. The number of nitrogens with one attached hydrogen (secondary N) is 1. The van der Waals surface area contributed by atoms with E-state index in [2.05, 4.69) is 20.9 Å². The predicted octanol–water partition coefficient (Wildman–Crippen LogP) is 4.46. The van der Waals surface area contributed by atoms with Crippen molar-refractivity contribution in [3.8, 4) is 11.8 Å². The van der Waals surface area contributed by atoms with Crippen molar-refractivity contribution in [2.75, 3.05) is 0 Å². The van der Waals surface area contributed by atoms with Crippen LogP contribution in [0.3, 0.4) is 0 Å². The molecule has 3 rings (SSSR count). The molecule has 0 saturated carbocycles. The van der Waals surface area contributed by atoms with Crippen LogP contribution < -0.4 is 0 Å². The van der Waals surface area contributed by atoms with Crippen molar-refractivity contribution in [3.05, 3.63) is 57.0 Å². The third-order valence-corrected chi connectivity index (χ3v) is 3.74. The molecule has 2 aromatic carbocycles. The molecular formula is C14H7BrFN3S. The van der Waals surface area contributed by atoms with E-state index < -0.39 is 5.82 Å². The Balaban J connectivity index is 2.39. The Hall–Kier alpha value is -1.97. The van der Waals surface area contributed by atoms with Gasteiger partial charge in [0.1, 0.15) is 11.9 Å². The average Bonchev–Trinajstić information content (AvgIpc) is 2.73. The number of H-pyrrole nitrogens is 1. The first kappa shape index (κ1) is 13.0. The second-order valence-electron chi connectivity index (χ2n) is 4.20. The lowest BCUT2D eigenvalue weighted by molar-refractivity contribution is 0.627. The quantitative estimate of drug-likeness (QED) is 0.660. The smallest absolute Gasteiger partial charge is 0.182 e. The van der Waals surface area contributed by atoms with Crippen molar-refractivity contribution in [3.63, 3.8) is 0 Å². The van der Waals surface area contributed by atoms with Gasteiger partial charge >= 0.3 is 0 Å². The Bertz CT molecular complexity index is 920. The summed E-state index contributed by atoms with van der Waals surface area (Å²) < 4.78 is 16.4. The van der Waals surface area contributed by atoms with Gasteiger partial charge in [0.15, 0.2) is 4.77 Å². The van der Waals surface area contributed by atoms with Crippen LogP contribution in [0.1, 0.15) is 5.56 Å². The van der Waals surface area contributed by atoms with Crippen LogP contribution in [0.4, 0.5) is 4.39 Å². The summed E-state index contributed by atoms with van der Waals surface area (Å²) in [6.07, 6.45) is 0. The van der Waals surface area contributed by atoms with Crippen molar-refractivity contribution in [2.45, 2.75) is 0 Å². The number of aromatic nitrogens is 2. The molecule has 0 aliphatic carbocycles. The van der Waals surface area contributed by atoms with Crippen LogP contribution in [-0.2, 0) is 0 Å². The molecule has 3 aromatic rings. The number of halogens is 2.